The summed E-state index contributed by atoms with van der Waals surface area (Å²) in [5, 5.41) is 0. The highest BCUT2D eigenvalue weighted by Crippen LogP contribution is 2.26. The van der Waals surface area contributed by atoms with E-state index in [1.54, 1.807) is 6.07 Å². The van der Waals surface area contributed by atoms with Crippen molar-refractivity contribution >= 4 is 15.9 Å². The van der Waals surface area contributed by atoms with Crippen LogP contribution in [0.25, 0.3) is 0 Å². The van der Waals surface area contributed by atoms with Crippen LogP contribution in [0.15, 0.2) is 29.2 Å². The molecule has 0 saturated carbocycles. The van der Waals surface area contributed by atoms with Crippen LogP contribution < -0.4 is 5.73 Å². The highest BCUT2D eigenvalue weighted by atomic mass is 32.2. The van der Waals surface area contributed by atoms with Crippen LogP contribution in [0.3, 0.4) is 0 Å². The zero-order valence-corrected chi connectivity index (χ0v) is 12.6. The zero-order valence-electron chi connectivity index (χ0n) is 11.7. The SMILES string of the molecule is NC(=O)c1cccc(S(=O)(=O)N2CCN3CCC[C@@H]3C2)c1. The van der Waals surface area contributed by atoms with Crippen molar-refractivity contribution in [1.82, 2.24) is 9.21 Å². The van der Waals surface area contributed by atoms with Gasteiger partial charge in [-0.2, -0.15) is 4.31 Å². The zero-order chi connectivity index (χ0) is 15.0. The van der Waals surface area contributed by atoms with E-state index in [-0.39, 0.29) is 10.5 Å². The number of benzene rings is 1. The molecular formula is C14H19N3O3S. The van der Waals surface area contributed by atoms with Crippen molar-refractivity contribution in [2.24, 2.45) is 5.73 Å². The summed E-state index contributed by atoms with van der Waals surface area (Å²) < 4.78 is 26.9. The number of carbonyl (C=O) groups is 1. The molecule has 2 N–H and O–H groups in total. The molecule has 0 bridgehead atoms. The van der Waals surface area contributed by atoms with E-state index >= 15 is 0 Å². The Morgan fingerprint density at radius 3 is 2.81 bits per heavy atom. The van der Waals surface area contributed by atoms with E-state index in [2.05, 4.69) is 4.90 Å². The van der Waals surface area contributed by atoms with Gasteiger partial charge in [-0.1, -0.05) is 6.07 Å². The van der Waals surface area contributed by atoms with Gasteiger partial charge < -0.3 is 5.73 Å². The third-order valence-corrected chi connectivity index (χ3v) is 6.17. The molecule has 0 unspecified atom stereocenters. The number of piperazine rings is 1. The van der Waals surface area contributed by atoms with Crippen LogP contribution in [-0.4, -0.2) is 55.8 Å². The Bertz CT molecular complexity index is 659. The molecule has 1 aromatic rings. The topological polar surface area (TPSA) is 83.7 Å². The predicted molar refractivity (Wildman–Crippen MR) is 78.3 cm³/mol. The molecule has 1 amide bonds. The van der Waals surface area contributed by atoms with E-state index in [9.17, 15) is 13.2 Å². The van der Waals surface area contributed by atoms with Crippen LogP contribution in [-0.2, 0) is 10.0 Å². The third kappa shape index (κ3) is 2.68. The Kier molecular flexibility index (Phi) is 3.73. The second-order valence-electron chi connectivity index (χ2n) is 5.59. The molecule has 114 valence electrons. The average molecular weight is 309 g/mol. The number of amides is 1. The highest BCUT2D eigenvalue weighted by molar-refractivity contribution is 7.89. The summed E-state index contributed by atoms with van der Waals surface area (Å²) in [5.41, 5.74) is 5.44. The van der Waals surface area contributed by atoms with E-state index in [1.807, 2.05) is 0 Å². The number of sulfonamides is 1. The highest BCUT2D eigenvalue weighted by Gasteiger charge is 2.36. The molecule has 1 atom stereocenters. The van der Waals surface area contributed by atoms with Crippen molar-refractivity contribution in [2.45, 2.75) is 23.8 Å². The molecule has 6 nitrogen and oxygen atoms in total. The van der Waals surface area contributed by atoms with Gasteiger partial charge in [-0.15, -0.1) is 0 Å². The number of carbonyl (C=O) groups excluding carboxylic acids is 1. The summed E-state index contributed by atoms with van der Waals surface area (Å²) in [6.07, 6.45) is 2.18. The lowest BCUT2D eigenvalue weighted by Crippen LogP contribution is -2.51. The van der Waals surface area contributed by atoms with Gasteiger partial charge >= 0.3 is 0 Å². The molecule has 7 heteroatoms. The number of primary amides is 1. The van der Waals surface area contributed by atoms with Gasteiger partial charge in [0.15, 0.2) is 0 Å². The molecule has 2 aliphatic rings. The van der Waals surface area contributed by atoms with E-state index in [0.29, 0.717) is 19.1 Å². The maximum Gasteiger partial charge on any atom is 0.248 e. The van der Waals surface area contributed by atoms with Gasteiger partial charge in [-0.3, -0.25) is 9.69 Å². The summed E-state index contributed by atoms with van der Waals surface area (Å²) in [5.74, 6) is -0.618. The molecule has 2 heterocycles. The maximum absolute atomic E-state index is 12.7. The fourth-order valence-electron chi connectivity index (χ4n) is 3.14. The second-order valence-corrected chi connectivity index (χ2v) is 7.53. The lowest BCUT2D eigenvalue weighted by atomic mass is 10.2. The van der Waals surface area contributed by atoms with E-state index < -0.39 is 15.9 Å². The molecule has 2 fully saturated rings. The predicted octanol–water partition coefficient (Wildman–Crippen LogP) is 0.254. The second kappa shape index (κ2) is 5.40. The summed E-state index contributed by atoms with van der Waals surface area (Å²) in [6.45, 7) is 2.87. The van der Waals surface area contributed by atoms with E-state index in [0.717, 1.165) is 25.9 Å². The smallest absolute Gasteiger partial charge is 0.248 e. The van der Waals surface area contributed by atoms with Crippen molar-refractivity contribution in [3.05, 3.63) is 29.8 Å². The number of hydrogen-bond donors (Lipinski definition) is 1. The maximum atomic E-state index is 12.7. The summed E-state index contributed by atoms with van der Waals surface area (Å²) in [4.78, 5) is 13.7. The number of hydrogen-bond acceptors (Lipinski definition) is 4. The molecule has 3 rings (SSSR count). The van der Waals surface area contributed by atoms with Gasteiger partial charge in [0.2, 0.25) is 15.9 Å². The summed E-state index contributed by atoms with van der Waals surface area (Å²) >= 11 is 0. The monoisotopic (exact) mass is 309 g/mol. The first kappa shape index (κ1) is 14.5. The molecule has 0 spiro atoms. The molecular weight excluding hydrogens is 290 g/mol. The minimum atomic E-state index is -3.56. The summed E-state index contributed by atoms with van der Waals surface area (Å²) in [6, 6.07) is 6.28. The van der Waals surface area contributed by atoms with Crippen LogP contribution in [0.4, 0.5) is 0 Å². The Morgan fingerprint density at radius 2 is 2.05 bits per heavy atom. The van der Waals surface area contributed by atoms with Crippen LogP contribution in [0.2, 0.25) is 0 Å². The normalized spacial score (nSPS) is 23.9. The standard InChI is InChI=1S/C14H19N3O3S/c15-14(18)11-3-1-5-13(9-11)21(19,20)17-8-7-16-6-2-4-12(16)10-17/h1,3,5,9,12H,2,4,6-8,10H2,(H2,15,18)/t12-/m1/s1. The Balaban J connectivity index is 1.86. The van der Waals surface area contributed by atoms with Crippen LogP contribution in [0.1, 0.15) is 23.2 Å². The first-order valence-corrected chi connectivity index (χ1v) is 8.56. The number of rotatable bonds is 3. The average Bonchev–Trinajstić information content (AvgIpc) is 2.94. The molecule has 0 radical (unpaired) electrons. The van der Waals surface area contributed by atoms with Crippen LogP contribution in [0.5, 0.6) is 0 Å². The molecule has 0 aliphatic carbocycles. The molecule has 21 heavy (non-hydrogen) atoms. The molecule has 2 saturated heterocycles. The van der Waals surface area contributed by atoms with Gasteiger partial charge in [0.05, 0.1) is 4.90 Å². The van der Waals surface area contributed by atoms with Gasteiger partial charge in [-0.05, 0) is 37.6 Å². The summed E-state index contributed by atoms with van der Waals surface area (Å²) in [7, 11) is -3.56. The Morgan fingerprint density at radius 1 is 1.24 bits per heavy atom. The van der Waals surface area contributed by atoms with Crippen LogP contribution >= 0.6 is 0 Å². The molecule has 1 aromatic carbocycles. The first-order chi connectivity index (χ1) is 9.98. The van der Waals surface area contributed by atoms with Gasteiger partial charge in [-0.25, -0.2) is 8.42 Å². The van der Waals surface area contributed by atoms with Crippen LogP contribution in [0, 0.1) is 0 Å². The lowest BCUT2D eigenvalue weighted by molar-refractivity contribution is 0.1000. The van der Waals surface area contributed by atoms with Crippen molar-refractivity contribution in [3.63, 3.8) is 0 Å². The van der Waals surface area contributed by atoms with Crippen molar-refractivity contribution in [2.75, 3.05) is 26.2 Å². The first-order valence-electron chi connectivity index (χ1n) is 7.12. The Labute approximate surface area is 124 Å². The Hall–Kier alpha value is -1.44. The minimum Gasteiger partial charge on any atom is -0.366 e. The molecule has 2 aliphatic heterocycles. The van der Waals surface area contributed by atoms with Crippen molar-refractivity contribution < 1.29 is 13.2 Å². The van der Waals surface area contributed by atoms with Gasteiger partial charge in [0.25, 0.3) is 0 Å². The van der Waals surface area contributed by atoms with Gasteiger partial charge in [0, 0.05) is 31.2 Å². The van der Waals surface area contributed by atoms with Gasteiger partial charge in [0.1, 0.15) is 0 Å². The van der Waals surface area contributed by atoms with E-state index in [1.165, 1.54) is 22.5 Å². The largest absolute Gasteiger partial charge is 0.366 e. The number of nitrogens with zero attached hydrogens (tertiary/aromatic N) is 2. The fraction of sp³-hybridized carbons (Fsp3) is 0.500. The van der Waals surface area contributed by atoms with E-state index in [4.69, 9.17) is 5.73 Å². The number of fused-ring (bicyclic) bond motifs is 1. The lowest BCUT2D eigenvalue weighted by Gasteiger charge is -2.36. The van der Waals surface area contributed by atoms with Crippen molar-refractivity contribution in [1.29, 1.82) is 0 Å². The third-order valence-electron chi connectivity index (χ3n) is 4.31. The number of nitrogens with two attached hydrogens (primary N) is 1. The minimum absolute atomic E-state index is 0.144. The molecule has 0 aromatic heterocycles. The van der Waals surface area contributed by atoms with Crippen molar-refractivity contribution in [3.8, 4) is 0 Å². The fourth-order valence-corrected chi connectivity index (χ4v) is 4.65. The quantitative estimate of drug-likeness (QED) is 0.868.